The highest BCUT2D eigenvalue weighted by Gasteiger charge is 2.09. The molecule has 1 aromatic heterocycles. The second-order valence-electron chi connectivity index (χ2n) is 4.53. The molecule has 0 amide bonds. The van der Waals surface area contributed by atoms with Gasteiger partial charge in [-0.15, -0.1) is 0 Å². The van der Waals surface area contributed by atoms with Crippen LogP contribution in [0.3, 0.4) is 0 Å². The SMILES string of the molecule is CC(O)CCN(C)c1ncnc2ccc(N)cc12. The zero-order valence-corrected chi connectivity index (χ0v) is 10.7. The first-order chi connectivity index (χ1) is 8.58. The minimum atomic E-state index is -0.314. The van der Waals surface area contributed by atoms with Gasteiger partial charge in [-0.2, -0.15) is 0 Å². The van der Waals surface area contributed by atoms with Crippen LogP contribution in [0, 0.1) is 0 Å². The molecule has 0 saturated heterocycles. The molecular weight excluding hydrogens is 228 g/mol. The fraction of sp³-hybridized carbons (Fsp3) is 0.385. The summed E-state index contributed by atoms with van der Waals surface area (Å²) >= 11 is 0. The van der Waals surface area contributed by atoms with Crippen molar-refractivity contribution in [2.75, 3.05) is 24.2 Å². The van der Waals surface area contributed by atoms with Crippen LogP contribution in [-0.2, 0) is 0 Å². The van der Waals surface area contributed by atoms with E-state index in [2.05, 4.69) is 9.97 Å². The Morgan fingerprint density at radius 3 is 2.89 bits per heavy atom. The van der Waals surface area contributed by atoms with Crippen molar-refractivity contribution in [3.05, 3.63) is 24.5 Å². The number of fused-ring (bicyclic) bond motifs is 1. The number of rotatable bonds is 4. The molecule has 0 aliphatic carbocycles. The number of nitrogens with zero attached hydrogens (tertiary/aromatic N) is 3. The van der Waals surface area contributed by atoms with Crippen LogP contribution < -0.4 is 10.6 Å². The number of hydrogen-bond acceptors (Lipinski definition) is 5. The predicted octanol–water partition coefficient (Wildman–Crippen LogP) is 1.42. The Kier molecular flexibility index (Phi) is 3.62. The van der Waals surface area contributed by atoms with Gasteiger partial charge in [-0.25, -0.2) is 9.97 Å². The Labute approximate surface area is 106 Å². The monoisotopic (exact) mass is 246 g/mol. The van der Waals surface area contributed by atoms with E-state index < -0.39 is 0 Å². The molecular formula is C13H18N4O. The number of benzene rings is 1. The number of aliphatic hydroxyl groups excluding tert-OH is 1. The highest BCUT2D eigenvalue weighted by Crippen LogP contribution is 2.24. The molecule has 2 rings (SSSR count). The lowest BCUT2D eigenvalue weighted by Gasteiger charge is -2.20. The smallest absolute Gasteiger partial charge is 0.139 e. The van der Waals surface area contributed by atoms with Gasteiger partial charge in [-0.3, -0.25) is 0 Å². The molecule has 0 aliphatic rings. The van der Waals surface area contributed by atoms with Crippen LogP contribution in [0.1, 0.15) is 13.3 Å². The summed E-state index contributed by atoms with van der Waals surface area (Å²) in [6.07, 6.45) is 1.93. The van der Waals surface area contributed by atoms with Crippen molar-refractivity contribution < 1.29 is 5.11 Å². The average molecular weight is 246 g/mol. The highest BCUT2D eigenvalue weighted by atomic mass is 16.3. The van der Waals surface area contributed by atoms with E-state index in [0.717, 1.165) is 23.3 Å². The van der Waals surface area contributed by atoms with Crippen LogP contribution in [0.5, 0.6) is 0 Å². The number of aliphatic hydroxyl groups is 1. The largest absolute Gasteiger partial charge is 0.399 e. The lowest BCUT2D eigenvalue weighted by molar-refractivity contribution is 0.187. The van der Waals surface area contributed by atoms with Crippen molar-refractivity contribution in [2.24, 2.45) is 0 Å². The molecule has 1 heterocycles. The first kappa shape index (κ1) is 12.6. The predicted molar refractivity (Wildman–Crippen MR) is 73.5 cm³/mol. The maximum Gasteiger partial charge on any atom is 0.139 e. The van der Waals surface area contributed by atoms with Crippen LogP contribution in [0.25, 0.3) is 10.9 Å². The van der Waals surface area contributed by atoms with E-state index in [1.54, 1.807) is 13.3 Å². The normalized spacial score (nSPS) is 12.6. The molecule has 96 valence electrons. The van der Waals surface area contributed by atoms with Gasteiger partial charge in [0.05, 0.1) is 11.6 Å². The summed E-state index contributed by atoms with van der Waals surface area (Å²) in [4.78, 5) is 10.5. The molecule has 0 radical (unpaired) electrons. The average Bonchev–Trinajstić information content (AvgIpc) is 2.35. The van der Waals surface area contributed by atoms with Crippen LogP contribution in [0.4, 0.5) is 11.5 Å². The minimum absolute atomic E-state index is 0.314. The minimum Gasteiger partial charge on any atom is -0.399 e. The Balaban J connectivity index is 2.34. The summed E-state index contributed by atoms with van der Waals surface area (Å²) in [5, 5.41) is 10.3. The molecule has 5 nitrogen and oxygen atoms in total. The molecule has 0 fully saturated rings. The molecule has 1 aromatic carbocycles. The van der Waals surface area contributed by atoms with Crippen molar-refractivity contribution in [1.82, 2.24) is 9.97 Å². The van der Waals surface area contributed by atoms with Gasteiger partial charge >= 0.3 is 0 Å². The highest BCUT2D eigenvalue weighted by molar-refractivity contribution is 5.91. The maximum atomic E-state index is 9.33. The summed E-state index contributed by atoms with van der Waals surface area (Å²) in [7, 11) is 1.95. The van der Waals surface area contributed by atoms with Crippen molar-refractivity contribution in [2.45, 2.75) is 19.4 Å². The third-order valence-electron chi connectivity index (χ3n) is 2.88. The fourth-order valence-corrected chi connectivity index (χ4v) is 1.85. The molecule has 0 bridgehead atoms. The molecule has 18 heavy (non-hydrogen) atoms. The number of nitrogens with two attached hydrogens (primary N) is 1. The summed E-state index contributed by atoms with van der Waals surface area (Å²) in [6.45, 7) is 2.52. The second-order valence-corrected chi connectivity index (χ2v) is 4.53. The zero-order chi connectivity index (χ0) is 13.1. The maximum absolute atomic E-state index is 9.33. The first-order valence-electron chi connectivity index (χ1n) is 5.97. The summed E-state index contributed by atoms with van der Waals surface area (Å²) in [5.74, 6) is 0.841. The Morgan fingerprint density at radius 2 is 2.17 bits per heavy atom. The molecule has 1 unspecified atom stereocenters. The van der Waals surface area contributed by atoms with E-state index >= 15 is 0 Å². The van der Waals surface area contributed by atoms with Gasteiger partial charge < -0.3 is 15.7 Å². The Bertz CT molecular complexity index is 542. The van der Waals surface area contributed by atoms with Gasteiger partial charge in [0.15, 0.2) is 0 Å². The molecule has 0 saturated carbocycles. The van der Waals surface area contributed by atoms with Gasteiger partial charge in [-0.1, -0.05) is 0 Å². The topological polar surface area (TPSA) is 75.3 Å². The molecule has 2 aromatic rings. The van der Waals surface area contributed by atoms with Crippen LogP contribution in [0.15, 0.2) is 24.5 Å². The molecule has 3 N–H and O–H groups in total. The number of nitrogen functional groups attached to an aromatic ring is 1. The van der Waals surface area contributed by atoms with E-state index in [-0.39, 0.29) is 6.10 Å². The van der Waals surface area contributed by atoms with Crippen molar-refractivity contribution >= 4 is 22.4 Å². The Morgan fingerprint density at radius 1 is 1.39 bits per heavy atom. The van der Waals surface area contributed by atoms with E-state index in [1.165, 1.54) is 0 Å². The lowest BCUT2D eigenvalue weighted by atomic mass is 10.2. The van der Waals surface area contributed by atoms with Crippen molar-refractivity contribution in [1.29, 1.82) is 0 Å². The van der Waals surface area contributed by atoms with E-state index in [9.17, 15) is 5.11 Å². The van der Waals surface area contributed by atoms with Gasteiger partial charge in [0.2, 0.25) is 0 Å². The number of hydrogen-bond donors (Lipinski definition) is 2. The second kappa shape index (κ2) is 5.18. The van der Waals surface area contributed by atoms with E-state index in [0.29, 0.717) is 12.1 Å². The Hall–Kier alpha value is -1.88. The van der Waals surface area contributed by atoms with Crippen LogP contribution in [0.2, 0.25) is 0 Å². The molecule has 0 spiro atoms. The molecule has 5 heteroatoms. The van der Waals surface area contributed by atoms with Crippen LogP contribution in [-0.4, -0.2) is 34.8 Å². The van der Waals surface area contributed by atoms with Gasteiger partial charge in [0, 0.05) is 24.7 Å². The summed E-state index contributed by atoms with van der Waals surface area (Å²) in [5.41, 5.74) is 7.37. The van der Waals surface area contributed by atoms with Gasteiger partial charge in [0.1, 0.15) is 12.1 Å². The summed E-state index contributed by atoms with van der Waals surface area (Å²) in [6, 6.07) is 5.59. The van der Waals surface area contributed by atoms with E-state index in [4.69, 9.17) is 5.73 Å². The zero-order valence-electron chi connectivity index (χ0n) is 10.7. The third-order valence-corrected chi connectivity index (χ3v) is 2.88. The quantitative estimate of drug-likeness (QED) is 0.798. The lowest BCUT2D eigenvalue weighted by Crippen LogP contribution is -2.23. The van der Waals surface area contributed by atoms with Crippen molar-refractivity contribution in [3.8, 4) is 0 Å². The molecule has 1 atom stereocenters. The third kappa shape index (κ3) is 2.68. The number of anilines is 2. The van der Waals surface area contributed by atoms with Crippen LogP contribution >= 0.6 is 0 Å². The standard InChI is InChI=1S/C13H18N4O/c1-9(18)5-6-17(2)13-11-7-10(14)3-4-12(11)15-8-16-13/h3-4,7-9,18H,5-6,14H2,1-2H3. The molecule has 0 aliphatic heterocycles. The first-order valence-corrected chi connectivity index (χ1v) is 5.97. The summed E-state index contributed by atoms with van der Waals surface area (Å²) < 4.78 is 0. The fourth-order valence-electron chi connectivity index (χ4n) is 1.85. The van der Waals surface area contributed by atoms with Crippen molar-refractivity contribution in [3.63, 3.8) is 0 Å². The van der Waals surface area contributed by atoms with Gasteiger partial charge in [-0.05, 0) is 31.5 Å². The van der Waals surface area contributed by atoms with E-state index in [1.807, 2.05) is 30.1 Å². The number of aromatic nitrogens is 2. The van der Waals surface area contributed by atoms with Gasteiger partial charge in [0.25, 0.3) is 0 Å².